The van der Waals surface area contributed by atoms with Crippen molar-refractivity contribution in [3.63, 3.8) is 0 Å². The molecule has 9 nitrogen and oxygen atoms in total. The zero-order valence-electron chi connectivity index (χ0n) is 33.4. The standard InChI is InChI=1S/C45H52NO8PSi/c1-10-30-52-44(50)41(55(35-20-14-11-15-21-35,36-22-16-12-17-23-36)37-24-18-13-19-25-37)46-39(38(40(46)47)32(3)54-56(8,9)45(4,5)6)31(2)42(48)53-43(49)33-26-28-34(51-7)29-27-33/h10-29,31-32,38-39H,1,30H2,2-9H3/t31-,32+,38-,39-/m1/s1. The molecule has 0 N–H and O–H groups in total. The Labute approximate surface area is 331 Å². The summed E-state index contributed by atoms with van der Waals surface area (Å²) in [5, 5.41) is 2.22. The van der Waals surface area contributed by atoms with Gasteiger partial charge in [-0.1, -0.05) is 124 Å². The second-order valence-corrected chi connectivity index (χ2v) is 23.5. The summed E-state index contributed by atoms with van der Waals surface area (Å²) in [6, 6.07) is 34.1. The first-order chi connectivity index (χ1) is 26.6. The molecule has 1 aliphatic rings. The highest BCUT2D eigenvalue weighted by Gasteiger charge is 2.60. The fourth-order valence-corrected chi connectivity index (χ4v) is 12.8. The summed E-state index contributed by atoms with van der Waals surface area (Å²) in [5.74, 6) is -4.22. The van der Waals surface area contributed by atoms with Gasteiger partial charge >= 0.3 is 17.9 Å². The maximum Gasteiger partial charge on any atom is 0.356 e. The molecule has 0 aromatic heterocycles. The van der Waals surface area contributed by atoms with Crippen LogP contribution in [0.3, 0.4) is 0 Å². The normalized spacial score (nSPS) is 16.9. The van der Waals surface area contributed by atoms with Crippen LogP contribution in [-0.4, -0.2) is 68.3 Å². The van der Waals surface area contributed by atoms with E-state index in [0.717, 1.165) is 15.9 Å². The molecular formula is C45H52NO8PSi. The molecule has 0 radical (unpaired) electrons. The van der Waals surface area contributed by atoms with Crippen molar-refractivity contribution >= 4 is 60.3 Å². The maximum atomic E-state index is 15.1. The van der Waals surface area contributed by atoms with E-state index in [-0.39, 0.29) is 28.5 Å². The average Bonchev–Trinajstić information content (AvgIpc) is 3.19. The molecule has 0 bridgehead atoms. The number of hydrogen-bond acceptors (Lipinski definition) is 8. The number of β-lactam (4-membered cyclic amide) rings is 1. The number of methoxy groups -OCH3 is 1. The molecule has 4 aromatic rings. The Hall–Kier alpha value is -5.02. The van der Waals surface area contributed by atoms with Crippen molar-refractivity contribution in [1.29, 1.82) is 0 Å². The van der Waals surface area contributed by atoms with Gasteiger partial charge < -0.3 is 23.5 Å². The van der Waals surface area contributed by atoms with Gasteiger partial charge in [0, 0.05) is 6.89 Å². The quantitative estimate of drug-likeness (QED) is 0.0332. The molecule has 1 heterocycles. The number of hydrogen-bond donors (Lipinski definition) is 0. The summed E-state index contributed by atoms with van der Waals surface area (Å²) in [7, 11) is -0.936. The van der Waals surface area contributed by atoms with Gasteiger partial charge in [0.2, 0.25) is 5.91 Å². The topological polar surface area (TPSA) is 108 Å². The third-order valence-corrected chi connectivity index (χ3v) is 19.7. The van der Waals surface area contributed by atoms with Crippen LogP contribution < -0.4 is 20.7 Å². The van der Waals surface area contributed by atoms with E-state index in [1.807, 2.05) is 97.9 Å². The van der Waals surface area contributed by atoms with Crippen LogP contribution >= 0.6 is 6.89 Å². The van der Waals surface area contributed by atoms with Crippen LogP contribution in [0.25, 0.3) is 0 Å². The summed E-state index contributed by atoms with van der Waals surface area (Å²) >= 11 is 0. The van der Waals surface area contributed by atoms with Gasteiger partial charge in [-0.15, -0.1) is 0 Å². The van der Waals surface area contributed by atoms with Gasteiger partial charge in [0.05, 0.1) is 36.7 Å². The van der Waals surface area contributed by atoms with Crippen molar-refractivity contribution in [1.82, 2.24) is 4.90 Å². The molecule has 1 fully saturated rings. The lowest BCUT2D eigenvalue weighted by Gasteiger charge is -2.54. The lowest BCUT2D eigenvalue weighted by molar-refractivity contribution is -0.165. The average molecular weight is 794 g/mol. The Balaban J connectivity index is 1.79. The smallest absolute Gasteiger partial charge is 0.356 e. The highest BCUT2D eigenvalue weighted by atomic mass is 31.2. The van der Waals surface area contributed by atoms with Crippen molar-refractivity contribution in [2.75, 3.05) is 13.7 Å². The van der Waals surface area contributed by atoms with E-state index in [1.165, 1.54) is 30.2 Å². The molecule has 1 saturated heterocycles. The predicted molar refractivity (Wildman–Crippen MR) is 226 cm³/mol. The van der Waals surface area contributed by atoms with Crippen LogP contribution in [0.2, 0.25) is 18.1 Å². The van der Waals surface area contributed by atoms with E-state index < -0.39 is 57.1 Å². The Kier molecular flexibility index (Phi) is 13.1. The molecule has 56 heavy (non-hydrogen) atoms. The summed E-state index contributed by atoms with van der Waals surface area (Å²) in [6.07, 6.45) is 0.821. The zero-order chi connectivity index (χ0) is 40.8. The van der Waals surface area contributed by atoms with Crippen LogP contribution in [0.15, 0.2) is 128 Å². The molecule has 0 aliphatic carbocycles. The van der Waals surface area contributed by atoms with E-state index in [9.17, 15) is 14.4 Å². The number of nitrogens with zero attached hydrogens (tertiary/aromatic N) is 1. The third-order valence-electron chi connectivity index (χ3n) is 10.9. The fraction of sp³-hybridized carbons (Fsp3) is 0.311. The van der Waals surface area contributed by atoms with E-state index in [0.29, 0.717) is 5.75 Å². The number of carbonyl (C=O) groups is 4. The highest BCUT2D eigenvalue weighted by Crippen LogP contribution is 2.51. The molecular weight excluding hydrogens is 742 g/mol. The first-order valence-electron chi connectivity index (χ1n) is 18.7. The van der Waals surface area contributed by atoms with Crippen molar-refractivity contribution < 1.29 is 37.8 Å². The molecule has 0 saturated carbocycles. The minimum atomic E-state index is -3.28. The maximum absolute atomic E-state index is 15.1. The highest BCUT2D eigenvalue weighted by molar-refractivity contribution is 7.96. The molecule has 11 heteroatoms. The van der Waals surface area contributed by atoms with E-state index in [4.69, 9.17) is 18.6 Å². The Morgan fingerprint density at radius 2 is 1.30 bits per heavy atom. The molecule has 4 atom stereocenters. The monoisotopic (exact) mass is 793 g/mol. The van der Waals surface area contributed by atoms with E-state index in [1.54, 1.807) is 19.1 Å². The van der Waals surface area contributed by atoms with Gasteiger partial charge in [0.15, 0.2) is 8.32 Å². The van der Waals surface area contributed by atoms with Crippen LogP contribution in [-0.2, 0) is 28.3 Å². The number of likely N-dealkylation sites (tertiary alicyclic amines) is 1. The van der Waals surface area contributed by atoms with Crippen molar-refractivity contribution in [2.45, 2.75) is 64.9 Å². The van der Waals surface area contributed by atoms with Crippen LogP contribution in [0.5, 0.6) is 5.75 Å². The van der Waals surface area contributed by atoms with Gasteiger partial charge in [0.25, 0.3) is 0 Å². The van der Waals surface area contributed by atoms with Crippen molar-refractivity contribution in [3.8, 4) is 5.75 Å². The fourth-order valence-electron chi connectivity index (χ4n) is 6.98. The zero-order valence-corrected chi connectivity index (χ0v) is 35.3. The van der Waals surface area contributed by atoms with Crippen molar-refractivity contribution in [2.24, 2.45) is 11.8 Å². The molecule has 4 aromatic carbocycles. The first-order valence-corrected chi connectivity index (χ1v) is 23.4. The summed E-state index contributed by atoms with van der Waals surface area (Å²) in [5.41, 5.74) is 0.261. The molecule has 5 rings (SSSR count). The van der Waals surface area contributed by atoms with Gasteiger partial charge in [-0.25, -0.2) is 9.59 Å². The van der Waals surface area contributed by atoms with Gasteiger partial charge in [-0.05, 0) is 72.2 Å². The third kappa shape index (κ3) is 8.24. The van der Waals surface area contributed by atoms with E-state index >= 15 is 4.79 Å². The number of benzene rings is 4. The molecule has 1 amide bonds. The molecule has 0 unspecified atom stereocenters. The van der Waals surface area contributed by atoms with Gasteiger partial charge in [-0.3, -0.25) is 9.59 Å². The summed E-state index contributed by atoms with van der Waals surface area (Å²) in [6.45, 7) is 14.4. The van der Waals surface area contributed by atoms with Crippen LogP contribution in [0.4, 0.5) is 0 Å². The number of amides is 1. The van der Waals surface area contributed by atoms with Crippen LogP contribution in [0, 0.1) is 11.8 Å². The lowest BCUT2D eigenvalue weighted by atomic mass is 9.76. The number of carbonyl (C=O) groups excluding carboxylic acids is 4. The summed E-state index contributed by atoms with van der Waals surface area (Å²) in [4.78, 5) is 59.1. The van der Waals surface area contributed by atoms with Gasteiger partial charge in [0.1, 0.15) is 17.8 Å². The molecule has 0 spiro atoms. The van der Waals surface area contributed by atoms with Gasteiger partial charge in [-0.2, -0.15) is 0 Å². The largest absolute Gasteiger partial charge is 0.497 e. The SMILES string of the molecule is C=CCOC(=O)C(N1C(=O)[C@H]([C@H](C)O[Si](C)(C)C(C)(C)C)[C@H]1[C@@H](C)C(=O)OC(=O)c1ccc(OC)cc1)=P(c1ccccc1)(c1ccccc1)c1ccccc1. The summed E-state index contributed by atoms with van der Waals surface area (Å²) < 4.78 is 23.5. The predicted octanol–water partition coefficient (Wildman–Crippen LogP) is 7.11. The number of rotatable bonds is 14. The Morgan fingerprint density at radius 3 is 1.73 bits per heavy atom. The minimum absolute atomic E-state index is 0.106. The Bertz CT molecular complexity index is 1990. The number of esters is 3. The molecule has 1 aliphatic heterocycles. The Morgan fingerprint density at radius 1 is 0.821 bits per heavy atom. The lowest BCUT2D eigenvalue weighted by Crippen LogP contribution is -2.71. The second-order valence-electron chi connectivity index (χ2n) is 15.4. The van der Waals surface area contributed by atoms with E-state index in [2.05, 4.69) is 40.4 Å². The number of ether oxygens (including phenoxy) is 3. The van der Waals surface area contributed by atoms with Crippen molar-refractivity contribution in [3.05, 3.63) is 133 Å². The second kappa shape index (κ2) is 17.4. The first kappa shape index (κ1) is 42.1. The minimum Gasteiger partial charge on any atom is -0.497 e. The molecule has 294 valence electrons. The van der Waals surface area contributed by atoms with Crippen LogP contribution in [0.1, 0.15) is 45.0 Å².